The molecule has 0 atom stereocenters. The van der Waals surface area contributed by atoms with Gasteiger partial charge >= 0.3 is 6.18 Å². The van der Waals surface area contributed by atoms with Gasteiger partial charge in [0.05, 0.1) is 5.56 Å². The normalized spacial score (nSPS) is 11.5. The second-order valence-corrected chi connectivity index (χ2v) is 4.77. The highest BCUT2D eigenvalue weighted by molar-refractivity contribution is 5.56. The molecule has 0 fully saturated rings. The summed E-state index contributed by atoms with van der Waals surface area (Å²) in [6.45, 7) is 0.425. The molecule has 112 valence electrons. The minimum Gasteiger partial charge on any atom is -0.370 e. The van der Waals surface area contributed by atoms with Crippen LogP contribution in [-0.2, 0) is 19.3 Å². The van der Waals surface area contributed by atoms with Gasteiger partial charge in [-0.3, -0.25) is 4.98 Å². The number of hydrogen-bond donors (Lipinski definition) is 1. The van der Waals surface area contributed by atoms with E-state index in [0.29, 0.717) is 12.1 Å². The summed E-state index contributed by atoms with van der Waals surface area (Å²) in [5, 5.41) is 0. The van der Waals surface area contributed by atoms with E-state index in [9.17, 15) is 13.2 Å². The van der Waals surface area contributed by atoms with Crippen LogP contribution in [0.3, 0.4) is 0 Å². The van der Waals surface area contributed by atoms with E-state index >= 15 is 0 Å². The van der Waals surface area contributed by atoms with Gasteiger partial charge in [0.25, 0.3) is 0 Å². The molecule has 0 saturated carbocycles. The molecule has 0 saturated heterocycles. The summed E-state index contributed by atoms with van der Waals surface area (Å²) in [5.74, 6) is 0. The van der Waals surface area contributed by atoms with E-state index in [1.165, 1.54) is 6.07 Å². The van der Waals surface area contributed by atoms with Gasteiger partial charge in [0, 0.05) is 38.2 Å². The first-order valence-electron chi connectivity index (χ1n) is 6.42. The number of rotatable bonds is 4. The van der Waals surface area contributed by atoms with Crippen molar-refractivity contribution in [2.24, 2.45) is 5.73 Å². The topological polar surface area (TPSA) is 42.2 Å². The molecular formula is C15H16F3N3. The van der Waals surface area contributed by atoms with E-state index in [1.807, 2.05) is 6.07 Å². The smallest absolute Gasteiger partial charge is 0.370 e. The third kappa shape index (κ3) is 3.72. The van der Waals surface area contributed by atoms with Crippen molar-refractivity contribution in [3.8, 4) is 0 Å². The number of halogens is 3. The first-order valence-corrected chi connectivity index (χ1v) is 6.42. The van der Waals surface area contributed by atoms with Crippen LogP contribution in [0.15, 0.2) is 42.7 Å². The van der Waals surface area contributed by atoms with Crippen LogP contribution in [0, 0.1) is 0 Å². The van der Waals surface area contributed by atoms with Gasteiger partial charge in [-0.2, -0.15) is 13.2 Å². The van der Waals surface area contributed by atoms with Crippen LogP contribution in [0.1, 0.15) is 16.7 Å². The Bertz CT molecular complexity index is 597. The number of nitrogens with two attached hydrogens (primary N) is 1. The molecule has 0 aliphatic carbocycles. The summed E-state index contributed by atoms with van der Waals surface area (Å²) in [5.41, 5.74) is 6.18. The average Bonchev–Trinajstić information content (AvgIpc) is 2.46. The van der Waals surface area contributed by atoms with Gasteiger partial charge in [-0.05, 0) is 29.3 Å². The molecule has 3 nitrogen and oxygen atoms in total. The maximum atomic E-state index is 13.2. The number of pyridine rings is 1. The third-order valence-corrected chi connectivity index (χ3v) is 3.16. The Balaban J connectivity index is 2.34. The molecule has 1 aromatic heterocycles. The lowest BCUT2D eigenvalue weighted by molar-refractivity contribution is -0.137. The lowest BCUT2D eigenvalue weighted by Crippen LogP contribution is -2.21. The van der Waals surface area contributed by atoms with Crippen molar-refractivity contribution >= 4 is 5.69 Å². The minimum atomic E-state index is -4.41. The molecular weight excluding hydrogens is 279 g/mol. The Kier molecular flexibility index (Phi) is 4.47. The van der Waals surface area contributed by atoms with Gasteiger partial charge in [-0.1, -0.05) is 12.1 Å². The molecule has 21 heavy (non-hydrogen) atoms. The molecule has 0 bridgehead atoms. The second kappa shape index (κ2) is 6.13. The standard InChI is InChI=1S/C15H16F3N3/c1-21(10-12-3-2-6-20-9-12)14-5-4-11(8-19)7-13(14)15(16,17)18/h2-7,9H,8,10,19H2,1H3. The SMILES string of the molecule is CN(Cc1cccnc1)c1ccc(CN)cc1C(F)(F)F. The number of aromatic nitrogens is 1. The Labute approximate surface area is 121 Å². The molecule has 2 N–H and O–H groups in total. The third-order valence-electron chi connectivity index (χ3n) is 3.16. The van der Waals surface area contributed by atoms with E-state index in [2.05, 4.69) is 4.98 Å². The van der Waals surface area contributed by atoms with E-state index < -0.39 is 11.7 Å². The molecule has 0 spiro atoms. The predicted molar refractivity (Wildman–Crippen MR) is 75.7 cm³/mol. The molecule has 2 aromatic rings. The summed E-state index contributed by atoms with van der Waals surface area (Å²) >= 11 is 0. The molecule has 1 aromatic carbocycles. The zero-order valence-electron chi connectivity index (χ0n) is 11.6. The lowest BCUT2D eigenvalue weighted by Gasteiger charge is -2.24. The number of alkyl halides is 3. The van der Waals surface area contributed by atoms with Crippen LogP contribution in [0.5, 0.6) is 0 Å². The number of hydrogen-bond acceptors (Lipinski definition) is 3. The maximum Gasteiger partial charge on any atom is 0.418 e. The van der Waals surface area contributed by atoms with Crippen LogP contribution < -0.4 is 10.6 Å². The highest BCUT2D eigenvalue weighted by Crippen LogP contribution is 2.37. The van der Waals surface area contributed by atoms with Crippen molar-refractivity contribution in [3.05, 3.63) is 59.4 Å². The summed E-state index contributed by atoms with van der Waals surface area (Å²) in [6, 6.07) is 7.76. The van der Waals surface area contributed by atoms with E-state index in [1.54, 1.807) is 36.5 Å². The summed E-state index contributed by atoms with van der Waals surface area (Å²) in [7, 11) is 1.62. The Hall–Kier alpha value is -2.08. The van der Waals surface area contributed by atoms with Crippen molar-refractivity contribution in [1.82, 2.24) is 4.98 Å². The zero-order chi connectivity index (χ0) is 15.5. The van der Waals surface area contributed by atoms with Crippen LogP contribution in [0.25, 0.3) is 0 Å². The van der Waals surface area contributed by atoms with Gasteiger partial charge in [0.1, 0.15) is 0 Å². The fraction of sp³-hybridized carbons (Fsp3) is 0.267. The van der Waals surface area contributed by atoms with Crippen LogP contribution >= 0.6 is 0 Å². The van der Waals surface area contributed by atoms with E-state index in [4.69, 9.17) is 5.73 Å². The summed E-state index contributed by atoms with van der Waals surface area (Å²) < 4.78 is 39.6. The Morgan fingerprint density at radius 3 is 2.52 bits per heavy atom. The first-order chi connectivity index (χ1) is 9.91. The molecule has 0 aliphatic rings. The fourth-order valence-corrected chi connectivity index (χ4v) is 2.12. The monoisotopic (exact) mass is 295 g/mol. The van der Waals surface area contributed by atoms with Crippen molar-refractivity contribution in [3.63, 3.8) is 0 Å². The van der Waals surface area contributed by atoms with Gasteiger partial charge in [-0.25, -0.2) is 0 Å². The van der Waals surface area contributed by atoms with Crippen molar-refractivity contribution < 1.29 is 13.2 Å². The van der Waals surface area contributed by atoms with E-state index in [0.717, 1.165) is 11.6 Å². The second-order valence-electron chi connectivity index (χ2n) is 4.77. The van der Waals surface area contributed by atoms with Gasteiger partial charge in [0.2, 0.25) is 0 Å². The van der Waals surface area contributed by atoms with Crippen LogP contribution in [0.2, 0.25) is 0 Å². The first kappa shape index (κ1) is 15.3. The largest absolute Gasteiger partial charge is 0.418 e. The van der Waals surface area contributed by atoms with E-state index in [-0.39, 0.29) is 12.2 Å². The Morgan fingerprint density at radius 2 is 1.95 bits per heavy atom. The van der Waals surface area contributed by atoms with Crippen LogP contribution in [-0.4, -0.2) is 12.0 Å². The lowest BCUT2D eigenvalue weighted by atomic mass is 10.1. The number of anilines is 1. The molecule has 2 rings (SSSR count). The molecule has 6 heteroatoms. The highest BCUT2D eigenvalue weighted by atomic mass is 19.4. The highest BCUT2D eigenvalue weighted by Gasteiger charge is 2.34. The fourth-order valence-electron chi connectivity index (χ4n) is 2.12. The van der Waals surface area contributed by atoms with Crippen molar-refractivity contribution in [1.29, 1.82) is 0 Å². The summed E-state index contributed by atoms with van der Waals surface area (Å²) in [4.78, 5) is 5.52. The number of nitrogens with zero attached hydrogens (tertiary/aromatic N) is 2. The minimum absolute atomic E-state index is 0.0790. The molecule has 0 radical (unpaired) electrons. The number of benzene rings is 1. The quantitative estimate of drug-likeness (QED) is 0.942. The van der Waals surface area contributed by atoms with Gasteiger partial charge in [-0.15, -0.1) is 0 Å². The van der Waals surface area contributed by atoms with Gasteiger partial charge < -0.3 is 10.6 Å². The average molecular weight is 295 g/mol. The summed E-state index contributed by atoms with van der Waals surface area (Å²) in [6.07, 6.45) is -1.15. The molecule has 0 aliphatic heterocycles. The van der Waals surface area contributed by atoms with Gasteiger partial charge in [0.15, 0.2) is 0 Å². The zero-order valence-corrected chi connectivity index (χ0v) is 11.6. The molecule has 0 amide bonds. The molecule has 1 heterocycles. The van der Waals surface area contributed by atoms with Crippen molar-refractivity contribution in [2.45, 2.75) is 19.3 Å². The predicted octanol–water partition coefficient (Wildman–Crippen LogP) is 3.20. The Morgan fingerprint density at radius 1 is 1.19 bits per heavy atom. The molecule has 0 unspecified atom stereocenters. The van der Waals surface area contributed by atoms with Crippen molar-refractivity contribution in [2.75, 3.05) is 11.9 Å². The van der Waals surface area contributed by atoms with Crippen LogP contribution in [0.4, 0.5) is 18.9 Å². The maximum absolute atomic E-state index is 13.2.